The van der Waals surface area contributed by atoms with Gasteiger partial charge in [0.25, 0.3) is 5.56 Å². The molecule has 7 nitrogen and oxygen atoms in total. The lowest BCUT2D eigenvalue weighted by Crippen LogP contribution is -2.38. The monoisotopic (exact) mass is 271 g/mol. The zero-order valence-corrected chi connectivity index (χ0v) is 11.5. The molecule has 1 aromatic rings. The van der Waals surface area contributed by atoms with Crippen molar-refractivity contribution in [2.45, 2.75) is 0 Å². The van der Waals surface area contributed by atoms with E-state index < -0.39 is 0 Å². The summed E-state index contributed by atoms with van der Waals surface area (Å²) in [6.07, 6.45) is 0. The highest BCUT2D eigenvalue weighted by atomic mass is 32.2. The summed E-state index contributed by atoms with van der Waals surface area (Å²) in [4.78, 5) is 25.9. The van der Waals surface area contributed by atoms with Gasteiger partial charge in [-0.05, 0) is 11.9 Å². The number of nitrogens with two attached hydrogens (primary N) is 1. The van der Waals surface area contributed by atoms with Gasteiger partial charge in [-0.3, -0.25) is 18.2 Å². The van der Waals surface area contributed by atoms with Crippen LogP contribution in [-0.2, 0) is 14.1 Å². The van der Waals surface area contributed by atoms with Crippen LogP contribution in [0, 0.1) is 0 Å². The van der Waals surface area contributed by atoms with E-state index in [1.807, 2.05) is 16.3 Å². The van der Waals surface area contributed by atoms with Crippen molar-refractivity contribution < 1.29 is 0 Å². The number of hydrogen-bond donors (Lipinski definition) is 1. The summed E-state index contributed by atoms with van der Waals surface area (Å²) in [6, 6.07) is 0. The summed E-state index contributed by atoms with van der Waals surface area (Å²) in [5.41, 5.74) is 5.48. The van der Waals surface area contributed by atoms with Crippen LogP contribution in [0.3, 0.4) is 0 Å². The van der Waals surface area contributed by atoms with E-state index in [1.54, 1.807) is 7.05 Å². The zero-order chi connectivity index (χ0) is 13.4. The molecule has 1 aliphatic rings. The Hall–Kier alpha value is -1.41. The van der Waals surface area contributed by atoms with Gasteiger partial charge in [0.1, 0.15) is 12.4 Å². The van der Waals surface area contributed by atoms with Gasteiger partial charge >= 0.3 is 5.69 Å². The smallest absolute Gasteiger partial charge is 0.332 e. The maximum atomic E-state index is 12.1. The minimum Gasteiger partial charge on any atom is -0.349 e. The van der Waals surface area contributed by atoms with E-state index in [1.165, 1.54) is 23.6 Å². The Kier molecular flexibility index (Phi) is 3.40. The van der Waals surface area contributed by atoms with Crippen molar-refractivity contribution in [3.63, 3.8) is 0 Å². The average Bonchev–Trinajstić information content (AvgIpc) is 2.68. The lowest BCUT2D eigenvalue weighted by atomic mass is 10.4. The third-order valence-electron chi connectivity index (χ3n) is 2.93. The van der Waals surface area contributed by atoms with Crippen molar-refractivity contribution in [1.82, 2.24) is 9.13 Å². The van der Waals surface area contributed by atoms with Gasteiger partial charge in [-0.2, -0.15) is 0 Å². The molecule has 2 N–H and O–H groups in total. The third-order valence-corrected chi connectivity index (χ3v) is 3.95. The lowest BCUT2D eigenvalue weighted by molar-refractivity contribution is 0.694. The molecular weight excluding hydrogens is 254 g/mol. The second kappa shape index (κ2) is 4.69. The topological polar surface area (TPSA) is 76.5 Å². The predicted molar refractivity (Wildman–Crippen MR) is 74.2 cm³/mol. The molecular formula is C10H17N5O2S. The first-order chi connectivity index (χ1) is 8.49. The summed E-state index contributed by atoms with van der Waals surface area (Å²) in [6.45, 7) is 1.13. The van der Waals surface area contributed by atoms with Crippen LogP contribution >= 0.6 is 11.9 Å². The molecule has 2 rings (SSSR count). The van der Waals surface area contributed by atoms with Crippen LogP contribution in [0.5, 0.6) is 0 Å². The molecule has 0 saturated heterocycles. The Labute approximate surface area is 109 Å². The molecule has 0 radical (unpaired) electrons. The second-order valence-corrected chi connectivity index (χ2v) is 5.32. The first kappa shape index (κ1) is 13.0. The molecule has 0 atom stereocenters. The van der Waals surface area contributed by atoms with Gasteiger partial charge in [0.15, 0.2) is 5.82 Å². The first-order valence-electron chi connectivity index (χ1n) is 5.60. The minimum atomic E-state index is -0.313. The minimum absolute atomic E-state index is 0.258. The second-order valence-electron chi connectivity index (χ2n) is 4.22. The number of anilines is 2. The van der Waals surface area contributed by atoms with Crippen LogP contribution < -0.4 is 26.2 Å². The Morgan fingerprint density at radius 1 is 1.22 bits per heavy atom. The molecule has 100 valence electrons. The van der Waals surface area contributed by atoms with Crippen LogP contribution in [0.15, 0.2) is 9.59 Å². The van der Waals surface area contributed by atoms with Gasteiger partial charge in [-0.1, -0.05) is 0 Å². The molecule has 0 unspecified atom stereocenters. The Balaban J connectivity index is 2.60. The number of aromatic nitrogens is 2. The standard InChI is InChI=1S/C10H17N5O2S/c1-12-6-15(18-5-4-11)8-7(12)9(16)14(3)10(17)13(8)2/h4-6,11H2,1-3H3. The van der Waals surface area contributed by atoms with Crippen molar-refractivity contribution in [2.24, 2.45) is 19.8 Å². The largest absolute Gasteiger partial charge is 0.349 e. The fourth-order valence-corrected chi connectivity index (χ4v) is 2.94. The van der Waals surface area contributed by atoms with Crippen LogP contribution in [0.4, 0.5) is 11.5 Å². The molecule has 1 aliphatic heterocycles. The molecule has 8 heteroatoms. The van der Waals surface area contributed by atoms with Crippen molar-refractivity contribution in [2.75, 3.05) is 35.2 Å². The highest BCUT2D eigenvalue weighted by Crippen LogP contribution is 2.34. The Bertz CT molecular complexity index is 579. The van der Waals surface area contributed by atoms with Crippen LogP contribution in [0.2, 0.25) is 0 Å². The SMILES string of the molecule is CN1CN(SCCN)c2c1c(=O)n(C)c(=O)n2C. The first-order valence-corrected chi connectivity index (χ1v) is 6.55. The number of hydrogen-bond acceptors (Lipinski definition) is 6. The van der Waals surface area contributed by atoms with Crippen LogP contribution in [-0.4, -0.2) is 35.1 Å². The van der Waals surface area contributed by atoms with Crippen LogP contribution in [0.1, 0.15) is 0 Å². The van der Waals surface area contributed by atoms with Gasteiger partial charge in [0.05, 0.1) is 0 Å². The fourth-order valence-electron chi connectivity index (χ4n) is 2.03. The van der Waals surface area contributed by atoms with E-state index in [0.717, 1.165) is 10.3 Å². The quantitative estimate of drug-likeness (QED) is 0.704. The van der Waals surface area contributed by atoms with Gasteiger partial charge in [0.2, 0.25) is 0 Å². The van der Waals surface area contributed by atoms with Crippen molar-refractivity contribution in [3.8, 4) is 0 Å². The van der Waals surface area contributed by atoms with E-state index in [9.17, 15) is 9.59 Å². The van der Waals surface area contributed by atoms with Gasteiger partial charge in [-0.25, -0.2) is 4.79 Å². The predicted octanol–water partition coefficient (Wildman–Crippen LogP) is -1.10. The van der Waals surface area contributed by atoms with Gasteiger partial charge < -0.3 is 10.6 Å². The highest BCUT2D eigenvalue weighted by Gasteiger charge is 2.30. The molecule has 0 amide bonds. The third kappa shape index (κ3) is 1.81. The highest BCUT2D eigenvalue weighted by molar-refractivity contribution is 8.00. The molecule has 2 heterocycles. The molecule has 0 aliphatic carbocycles. The van der Waals surface area contributed by atoms with E-state index in [4.69, 9.17) is 5.73 Å². The number of nitrogens with zero attached hydrogens (tertiary/aromatic N) is 4. The summed E-state index contributed by atoms with van der Waals surface area (Å²) < 4.78 is 4.57. The Morgan fingerprint density at radius 3 is 2.50 bits per heavy atom. The fraction of sp³-hybridized carbons (Fsp3) is 0.600. The zero-order valence-electron chi connectivity index (χ0n) is 10.7. The molecule has 1 aromatic heterocycles. The summed E-state index contributed by atoms with van der Waals surface area (Å²) >= 11 is 1.53. The van der Waals surface area contributed by atoms with E-state index in [0.29, 0.717) is 24.7 Å². The van der Waals surface area contributed by atoms with Crippen LogP contribution in [0.25, 0.3) is 0 Å². The van der Waals surface area contributed by atoms with E-state index in [-0.39, 0.29) is 11.2 Å². The summed E-state index contributed by atoms with van der Waals surface area (Å²) in [5.74, 6) is 1.40. The average molecular weight is 271 g/mol. The normalized spacial score (nSPS) is 14.2. The van der Waals surface area contributed by atoms with E-state index >= 15 is 0 Å². The van der Waals surface area contributed by atoms with Gasteiger partial charge in [-0.15, -0.1) is 0 Å². The van der Waals surface area contributed by atoms with Crippen molar-refractivity contribution in [3.05, 3.63) is 20.8 Å². The molecule has 18 heavy (non-hydrogen) atoms. The van der Waals surface area contributed by atoms with Crippen molar-refractivity contribution in [1.29, 1.82) is 0 Å². The summed E-state index contributed by atoms with van der Waals surface area (Å²) in [5, 5.41) is 0. The molecule has 0 saturated carbocycles. The van der Waals surface area contributed by atoms with Gasteiger partial charge in [0, 0.05) is 33.4 Å². The molecule has 0 aromatic carbocycles. The molecule has 0 fully saturated rings. The summed E-state index contributed by atoms with van der Waals surface area (Å²) in [7, 11) is 5.01. The van der Waals surface area contributed by atoms with Crippen molar-refractivity contribution >= 4 is 23.5 Å². The number of rotatable bonds is 3. The maximum Gasteiger partial charge on any atom is 0.332 e. The molecule has 0 spiro atoms. The number of fused-ring (bicyclic) bond motifs is 1. The Morgan fingerprint density at radius 2 is 1.89 bits per heavy atom. The molecule has 0 bridgehead atoms. The lowest BCUT2D eigenvalue weighted by Gasteiger charge is -2.18. The maximum absolute atomic E-state index is 12.1. The van der Waals surface area contributed by atoms with E-state index in [2.05, 4.69) is 0 Å².